The van der Waals surface area contributed by atoms with Crippen molar-refractivity contribution >= 4 is 5.91 Å². The third-order valence-corrected chi connectivity index (χ3v) is 2.32. The van der Waals surface area contributed by atoms with Crippen LogP contribution in [0.4, 0.5) is 0 Å². The normalized spacial score (nSPS) is 38.8. The Hall–Kier alpha value is -0.530. The highest BCUT2D eigenvalue weighted by Crippen LogP contribution is 2.55. The molecule has 0 aromatic heterocycles. The highest BCUT2D eigenvalue weighted by atomic mass is 16.1. The van der Waals surface area contributed by atoms with Crippen LogP contribution in [0.5, 0.6) is 0 Å². The minimum absolute atomic E-state index is 0.113. The van der Waals surface area contributed by atoms with Gasteiger partial charge >= 0.3 is 0 Å². The van der Waals surface area contributed by atoms with E-state index in [0.29, 0.717) is 6.04 Å². The Labute approximate surface area is 54.6 Å². The molecule has 1 radical (unpaired) electrons. The standard InChI is InChI=1S/C7H10NO/c1-4(9)8-7-5-2-6(7)3-5/h5,7H,2-3H2,1H3,(H,8,9). The minimum atomic E-state index is 0.113. The summed E-state index contributed by atoms with van der Waals surface area (Å²) in [5.74, 6) is 2.47. The van der Waals surface area contributed by atoms with Crippen LogP contribution in [0, 0.1) is 11.8 Å². The summed E-state index contributed by atoms with van der Waals surface area (Å²) >= 11 is 0. The fourth-order valence-corrected chi connectivity index (χ4v) is 1.55. The van der Waals surface area contributed by atoms with Crippen molar-refractivity contribution in [2.75, 3.05) is 0 Å². The van der Waals surface area contributed by atoms with Crippen molar-refractivity contribution in [3.63, 3.8) is 0 Å². The van der Waals surface area contributed by atoms with Crippen molar-refractivity contribution in [2.24, 2.45) is 5.92 Å². The Morgan fingerprint density at radius 2 is 2.22 bits per heavy atom. The highest BCUT2D eigenvalue weighted by molar-refractivity contribution is 5.74. The van der Waals surface area contributed by atoms with Gasteiger partial charge in [0.2, 0.25) is 5.91 Å². The fraction of sp³-hybridized carbons (Fsp3) is 0.714. The maximum absolute atomic E-state index is 10.5. The van der Waals surface area contributed by atoms with Gasteiger partial charge in [0.1, 0.15) is 0 Å². The summed E-state index contributed by atoms with van der Waals surface area (Å²) in [6.45, 7) is 1.58. The summed E-state index contributed by atoms with van der Waals surface area (Å²) in [5.41, 5.74) is 0. The molecule has 0 heterocycles. The molecule has 2 heteroatoms. The van der Waals surface area contributed by atoms with E-state index >= 15 is 0 Å². The summed E-state index contributed by atoms with van der Waals surface area (Å²) in [7, 11) is 0. The summed E-state index contributed by atoms with van der Waals surface area (Å²) in [6, 6.07) is 0.488. The van der Waals surface area contributed by atoms with E-state index in [1.54, 1.807) is 12.8 Å². The Balaban J connectivity index is 1.83. The number of amides is 1. The Bertz CT molecular complexity index is 141. The van der Waals surface area contributed by atoms with Gasteiger partial charge in [0.15, 0.2) is 0 Å². The van der Waals surface area contributed by atoms with Gasteiger partial charge in [0, 0.05) is 13.0 Å². The molecule has 1 N–H and O–H groups in total. The van der Waals surface area contributed by atoms with E-state index in [0.717, 1.165) is 5.92 Å². The average Bonchev–Trinajstić information content (AvgIpc) is 1.54. The van der Waals surface area contributed by atoms with E-state index in [9.17, 15) is 4.79 Å². The molecular weight excluding hydrogens is 114 g/mol. The molecule has 0 aromatic carbocycles. The quantitative estimate of drug-likeness (QED) is 0.541. The van der Waals surface area contributed by atoms with Crippen molar-refractivity contribution in [1.29, 1.82) is 0 Å². The number of hydrogen-bond donors (Lipinski definition) is 1. The third-order valence-electron chi connectivity index (χ3n) is 2.32. The van der Waals surface area contributed by atoms with Crippen molar-refractivity contribution in [2.45, 2.75) is 25.8 Å². The fourth-order valence-electron chi connectivity index (χ4n) is 1.55. The molecule has 3 rings (SSSR count). The van der Waals surface area contributed by atoms with Crippen LogP contribution in [0.1, 0.15) is 19.8 Å². The van der Waals surface area contributed by atoms with Gasteiger partial charge < -0.3 is 5.32 Å². The molecule has 3 aliphatic rings. The van der Waals surface area contributed by atoms with Gasteiger partial charge in [-0.05, 0) is 24.7 Å². The SMILES string of the molecule is CC(=O)NC1[C]2CC1C2. The molecule has 0 saturated heterocycles. The molecular formula is C7H10NO. The van der Waals surface area contributed by atoms with Gasteiger partial charge in [-0.2, -0.15) is 0 Å². The second-order valence-electron chi connectivity index (χ2n) is 3.00. The van der Waals surface area contributed by atoms with Crippen molar-refractivity contribution in [3.8, 4) is 0 Å². The van der Waals surface area contributed by atoms with E-state index in [2.05, 4.69) is 5.32 Å². The molecule has 3 saturated carbocycles. The molecule has 0 aromatic rings. The summed E-state index contributed by atoms with van der Waals surface area (Å²) in [5, 5.41) is 2.90. The molecule has 0 spiro atoms. The summed E-state index contributed by atoms with van der Waals surface area (Å²) in [4.78, 5) is 10.5. The lowest BCUT2D eigenvalue weighted by Gasteiger charge is -2.57. The zero-order chi connectivity index (χ0) is 6.43. The Kier molecular flexibility index (Phi) is 0.875. The first-order chi connectivity index (χ1) is 4.27. The monoisotopic (exact) mass is 124 g/mol. The smallest absolute Gasteiger partial charge is 0.217 e. The van der Waals surface area contributed by atoms with Crippen LogP contribution in [-0.2, 0) is 4.79 Å². The second kappa shape index (κ2) is 1.49. The lowest BCUT2D eigenvalue weighted by molar-refractivity contribution is -0.121. The number of rotatable bonds is 1. The van der Waals surface area contributed by atoms with E-state index < -0.39 is 0 Å². The van der Waals surface area contributed by atoms with E-state index in [1.165, 1.54) is 12.8 Å². The topological polar surface area (TPSA) is 29.1 Å². The molecule has 3 fully saturated rings. The van der Waals surface area contributed by atoms with Gasteiger partial charge in [-0.25, -0.2) is 0 Å². The van der Waals surface area contributed by atoms with Crippen molar-refractivity contribution < 1.29 is 4.79 Å². The zero-order valence-corrected chi connectivity index (χ0v) is 5.48. The molecule has 9 heavy (non-hydrogen) atoms. The molecule has 1 unspecified atom stereocenters. The van der Waals surface area contributed by atoms with Gasteiger partial charge in [0.25, 0.3) is 0 Å². The van der Waals surface area contributed by atoms with Crippen LogP contribution in [0.2, 0.25) is 0 Å². The molecule has 2 bridgehead atoms. The van der Waals surface area contributed by atoms with Gasteiger partial charge in [0.05, 0.1) is 0 Å². The van der Waals surface area contributed by atoms with Crippen LogP contribution in [0.25, 0.3) is 0 Å². The molecule has 2 nitrogen and oxygen atoms in total. The molecule has 1 amide bonds. The van der Waals surface area contributed by atoms with E-state index in [-0.39, 0.29) is 5.91 Å². The van der Waals surface area contributed by atoms with Crippen LogP contribution in [0.15, 0.2) is 0 Å². The van der Waals surface area contributed by atoms with Crippen LogP contribution < -0.4 is 5.32 Å². The maximum Gasteiger partial charge on any atom is 0.217 e. The largest absolute Gasteiger partial charge is 0.353 e. The maximum atomic E-state index is 10.5. The van der Waals surface area contributed by atoms with Crippen LogP contribution >= 0.6 is 0 Å². The molecule has 3 aliphatic carbocycles. The van der Waals surface area contributed by atoms with Gasteiger partial charge in [-0.15, -0.1) is 0 Å². The first-order valence-electron chi connectivity index (χ1n) is 3.39. The molecule has 1 atom stereocenters. The van der Waals surface area contributed by atoms with Crippen molar-refractivity contribution in [1.82, 2.24) is 5.32 Å². The van der Waals surface area contributed by atoms with Gasteiger partial charge in [-0.3, -0.25) is 4.79 Å². The van der Waals surface area contributed by atoms with E-state index in [4.69, 9.17) is 0 Å². The average molecular weight is 124 g/mol. The number of carbonyl (C=O) groups excluding carboxylic acids is 1. The zero-order valence-electron chi connectivity index (χ0n) is 5.48. The Morgan fingerprint density at radius 1 is 1.67 bits per heavy atom. The van der Waals surface area contributed by atoms with Crippen LogP contribution in [0.3, 0.4) is 0 Å². The third kappa shape index (κ3) is 0.590. The highest BCUT2D eigenvalue weighted by Gasteiger charge is 2.53. The number of nitrogens with one attached hydrogen (secondary N) is 1. The first kappa shape index (κ1) is 5.27. The molecule has 0 aliphatic heterocycles. The van der Waals surface area contributed by atoms with Gasteiger partial charge in [-0.1, -0.05) is 0 Å². The Morgan fingerprint density at radius 3 is 2.33 bits per heavy atom. The van der Waals surface area contributed by atoms with Crippen LogP contribution in [-0.4, -0.2) is 11.9 Å². The summed E-state index contributed by atoms with van der Waals surface area (Å²) in [6.07, 6.45) is 2.57. The first-order valence-corrected chi connectivity index (χ1v) is 3.39. The summed E-state index contributed by atoms with van der Waals surface area (Å²) < 4.78 is 0. The lowest BCUT2D eigenvalue weighted by atomic mass is 9.52. The predicted molar refractivity (Wildman–Crippen MR) is 33.6 cm³/mol. The number of hydrogen-bond acceptors (Lipinski definition) is 1. The molecule has 49 valence electrons. The number of carbonyl (C=O) groups is 1. The van der Waals surface area contributed by atoms with E-state index in [1.807, 2.05) is 0 Å². The second-order valence-corrected chi connectivity index (χ2v) is 3.00. The predicted octanol–water partition coefficient (Wildman–Crippen LogP) is 0.489. The van der Waals surface area contributed by atoms with Crippen molar-refractivity contribution in [3.05, 3.63) is 5.92 Å². The lowest BCUT2D eigenvalue weighted by Crippen LogP contribution is -2.61. The minimum Gasteiger partial charge on any atom is -0.353 e.